The fraction of sp³-hybridized carbons (Fsp3) is 0.263. The number of ether oxygens (including phenoxy) is 1. The fourth-order valence-corrected chi connectivity index (χ4v) is 2.40. The van der Waals surface area contributed by atoms with Gasteiger partial charge in [0.25, 0.3) is 5.91 Å². The van der Waals surface area contributed by atoms with E-state index in [2.05, 4.69) is 5.32 Å². The zero-order valence-corrected chi connectivity index (χ0v) is 13.6. The molecule has 1 atom stereocenters. The monoisotopic (exact) mass is 327 g/mol. The number of amides is 1. The van der Waals surface area contributed by atoms with E-state index in [4.69, 9.17) is 9.84 Å². The van der Waals surface area contributed by atoms with Crippen LogP contribution in [0.1, 0.15) is 34.5 Å². The van der Waals surface area contributed by atoms with Crippen molar-refractivity contribution in [2.75, 3.05) is 13.2 Å². The van der Waals surface area contributed by atoms with Crippen LogP contribution in [0.4, 0.5) is 0 Å². The molecule has 0 heterocycles. The molecule has 1 amide bonds. The second-order valence-electron chi connectivity index (χ2n) is 5.29. The molecule has 5 nitrogen and oxygen atoms in total. The number of hydrogen-bond acceptors (Lipinski definition) is 3. The van der Waals surface area contributed by atoms with E-state index in [0.717, 1.165) is 11.1 Å². The molecule has 0 fully saturated rings. The lowest BCUT2D eigenvalue weighted by atomic mass is 10.1. The van der Waals surface area contributed by atoms with Crippen molar-refractivity contribution in [2.24, 2.45) is 0 Å². The van der Waals surface area contributed by atoms with Crippen LogP contribution in [0.2, 0.25) is 0 Å². The second kappa shape index (κ2) is 8.84. The van der Waals surface area contributed by atoms with Crippen molar-refractivity contribution in [2.45, 2.75) is 19.4 Å². The minimum Gasteiger partial charge on any atom is -0.478 e. The molecule has 2 rings (SSSR count). The molecule has 2 N–H and O–H groups in total. The van der Waals surface area contributed by atoms with Crippen LogP contribution in [0.3, 0.4) is 0 Å². The van der Waals surface area contributed by atoms with Crippen molar-refractivity contribution in [1.82, 2.24) is 5.32 Å². The van der Waals surface area contributed by atoms with Gasteiger partial charge < -0.3 is 15.2 Å². The van der Waals surface area contributed by atoms with Gasteiger partial charge in [-0.1, -0.05) is 42.5 Å². The highest BCUT2D eigenvalue weighted by Crippen LogP contribution is 2.17. The number of carboxylic acids is 1. The first kappa shape index (κ1) is 17.7. The lowest BCUT2D eigenvalue weighted by Crippen LogP contribution is -2.32. The number of nitrogens with one attached hydrogen (secondary N) is 1. The van der Waals surface area contributed by atoms with Crippen molar-refractivity contribution in [3.63, 3.8) is 0 Å². The standard InChI is InChI=1S/C19H21NO4/c1-2-24-17(15-8-4-3-5-9-15)18(21)20-12-11-14-7-6-10-16(13-14)19(22)23/h3-10,13,17H,2,11-12H2,1H3,(H,20,21)(H,22,23). The molecular formula is C19H21NO4. The summed E-state index contributed by atoms with van der Waals surface area (Å²) in [6.45, 7) is 2.70. The van der Waals surface area contributed by atoms with Crippen LogP contribution in [0, 0.1) is 0 Å². The molecule has 2 aromatic rings. The summed E-state index contributed by atoms with van der Waals surface area (Å²) in [6.07, 6.45) is -0.0814. The summed E-state index contributed by atoms with van der Waals surface area (Å²) in [5.41, 5.74) is 1.92. The number of benzene rings is 2. The number of carbonyl (C=O) groups excluding carboxylic acids is 1. The molecule has 5 heteroatoms. The van der Waals surface area contributed by atoms with Gasteiger partial charge in [0.1, 0.15) is 0 Å². The van der Waals surface area contributed by atoms with E-state index in [1.807, 2.05) is 43.3 Å². The lowest BCUT2D eigenvalue weighted by molar-refractivity contribution is -0.132. The first-order chi connectivity index (χ1) is 11.6. The predicted molar refractivity (Wildman–Crippen MR) is 90.9 cm³/mol. The average molecular weight is 327 g/mol. The molecule has 0 bridgehead atoms. The Morgan fingerprint density at radius 3 is 2.54 bits per heavy atom. The van der Waals surface area contributed by atoms with Gasteiger partial charge in [-0.3, -0.25) is 4.79 Å². The van der Waals surface area contributed by atoms with Crippen molar-refractivity contribution in [3.8, 4) is 0 Å². The Morgan fingerprint density at radius 2 is 1.88 bits per heavy atom. The van der Waals surface area contributed by atoms with Crippen LogP contribution in [-0.4, -0.2) is 30.1 Å². The van der Waals surface area contributed by atoms with Gasteiger partial charge in [-0.25, -0.2) is 4.79 Å². The summed E-state index contributed by atoms with van der Waals surface area (Å²) in [6, 6.07) is 16.0. The Morgan fingerprint density at radius 1 is 1.12 bits per heavy atom. The van der Waals surface area contributed by atoms with Crippen molar-refractivity contribution in [1.29, 1.82) is 0 Å². The summed E-state index contributed by atoms with van der Waals surface area (Å²) in [7, 11) is 0. The number of hydrogen-bond donors (Lipinski definition) is 2. The summed E-state index contributed by atoms with van der Waals surface area (Å²) in [5, 5.41) is 11.8. The number of carbonyl (C=O) groups is 2. The van der Waals surface area contributed by atoms with Gasteiger partial charge in [-0.2, -0.15) is 0 Å². The van der Waals surface area contributed by atoms with E-state index < -0.39 is 12.1 Å². The highest BCUT2D eigenvalue weighted by Gasteiger charge is 2.20. The van der Waals surface area contributed by atoms with Gasteiger partial charge in [0.15, 0.2) is 6.10 Å². The Labute approximate surface area is 141 Å². The topological polar surface area (TPSA) is 75.6 Å². The smallest absolute Gasteiger partial charge is 0.335 e. The molecule has 2 aromatic carbocycles. The Balaban J connectivity index is 1.94. The predicted octanol–water partition coefficient (Wildman–Crippen LogP) is 2.82. The molecule has 0 aliphatic heterocycles. The van der Waals surface area contributed by atoms with Gasteiger partial charge in [-0.15, -0.1) is 0 Å². The van der Waals surface area contributed by atoms with E-state index >= 15 is 0 Å². The largest absolute Gasteiger partial charge is 0.478 e. The first-order valence-corrected chi connectivity index (χ1v) is 7.88. The highest BCUT2D eigenvalue weighted by molar-refractivity contribution is 5.87. The van der Waals surface area contributed by atoms with Crippen LogP contribution in [0.5, 0.6) is 0 Å². The van der Waals surface area contributed by atoms with Gasteiger partial charge in [-0.05, 0) is 36.6 Å². The highest BCUT2D eigenvalue weighted by atomic mass is 16.5. The number of aromatic carboxylic acids is 1. The Hall–Kier alpha value is -2.66. The maximum absolute atomic E-state index is 12.4. The fourth-order valence-electron chi connectivity index (χ4n) is 2.40. The molecule has 0 spiro atoms. The quantitative estimate of drug-likeness (QED) is 0.782. The van der Waals surface area contributed by atoms with Gasteiger partial charge in [0.05, 0.1) is 5.56 Å². The average Bonchev–Trinajstić information content (AvgIpc) is 2.60. The molecule has 0 radical (unpaired) electrons. The maximum Gasteiger partial charge on any atom is 0.335 e. The van der Waals surface area contributed by atoms with Crippen LogP contribution in [0.15, 0.2) is 54.6 Å². The van der Waals surface area contributed by atoms with Crippen molar-refractivity contribution in [3.05, 3.63) is 71.3 Å². The molecule has 0 aromatic heterocycles. The summed E-state index contributed by atoms with van der Waals surface area (Å²) >= 11 is 0. The zero-order valence-electron chi connectivity index (χ0n) is 13.6. The van der Waals surface area contributed by atoms with E-state index in [-0.39, 0.29) is 11.5 Å². The minimum atomic E-state index is -0.957. The van der Waals surface area contributed by atoms with Gasteiger partial charge in [0.2, 0.25) is 0 Å². The van der Waals surface area contributed by atoms with Crippen molar-refractivity contribution < 1.29 is 19.4 Å². The summed E-state index contributed by atoms with van der Waals surface area (Å²) in [4.78, 5) is 23.3. The molecule has 0 saturated heterocycles. The second-order valence-corrected chi connectivity index (χ2v) is 5.29. The Kier molecular flexibility index (Phi) is 6.51. The molecule has 126 valence electrons. The molecule has 24 heavy (non-hydrogen) atoms. The molecule has 0 aliphatic rings. The third-order valence-corrected chi connectivity index (χ3v) is 3.56. The number of rotatable bonds is 8. The first-order valence-electron chi connectivity index (χ1n) is 7.88. The van der Waals surface area contributed by atoms with Crippen LogP contribution in [0.25, 0.3) is 0 Å². The number of carboxylic acid groups (broad SMARTS) is 1. The zero-order chi connectivity index (χ0) is 17.4. The summed E-state index contributed by atoms with van der Waals surface area (Å²) < 4.78 is 5.55. The normalized spacial score (nSPS) is 11.7. The SMILES string of the molecule is CCOC(C(=O)NCCc1cccc(C(=O)O)c1)c1ccccc1. The maximum atomic E-state index is 12.4. The van der Waals surface area contributed by atoms with E-state index in [9.17, 15) is 9.59 Å². The molecule has 0 saturated carbocycles. The van der Waals surface area contributed by atoms with Crippen molar-refractivity contribution >= 4 is 11.9 Å². The van der Waals surface area contributed by atoms with Gasteiger partial charge >= 0.3 is 5.97 Å². The molecular weight excluding hydrogens is 306 g/mol. The lowest BCUT2D eigenvalue weighted by Gasteiger charge is -2.17. The molecule has 1 unspecified atom stereocenters. The Bertz CT molecular complexity index is 685. The van der Waals surface area contributed by atoms with E-state index in [0.29, 0.717) is 19.6 Å². The summed E-state index contributed by atoms with van der Waals surface area (Å²) in [5.74, 6) is -1.15. The van der Waals surface area contributed by atoms with Crippen LogP contribution in [-0.2, 0) is 16.0 Å². The van der Waals surface area contributed by atoms with E-state index in [1.54, 1.807) is 18.2 Å². The minimum absolute atomic E-state index is 0.197. The van der Waals surface area contributed by atoms with Gasteiger partial charge in [0, 0.05) is 13.2 Å². The molecule has 0 aliphatic carbocycles. The van der Waals surface area contributed by atoms with Crippen LogP contribution < -0.4 is 5.32 Å². The third kappa shape index (κ3) is 4.93. The third-order valence-electron chi connectivity index (χ3n) is 3.56. The van der Waals surface area contributed by atoms with E-state index in [1.165, 1.54) is 0 Å². The van der Waals surface area contributed by atoms with Crippen LogP contribution >= 0.6 is 0 Å².